The minimum atomic E-state index is -1.43. The summed E-state index contributed by atoms with van der Waals surface area (Å²) in [5, 5.41) is 16.1. The van der Waals surface area contributed by atoms with Gasteiger partial charge in [-0.1, -0.05) is 13.5 Å². The van der Waals surface area contributed by atoms with Crippen LogP contribution >= 0.6 is 12.4 Å². The Morgan fingerprint density at radius 3 is 2.58 bits per heavy atom. The van der Waals surface area contributed by atoms with E-state index in [1.165, 1.54) is 6.20 Å². The van der Waals surface area contributed by atoms with E-state index in [-0.39, 0.29) is 100 Å². The van der Waals surface area contributed by atoms with E-state index in [1.54, 1.807) is 20.8 Å². The first-order valence-electron chi connectivity index (χ1n) is 9.86. The topological polar surface area (TPSA) is 184 Å². The summed E-state index contributed by atoms with van der Waals surface area (Å²) in [6, 6.07) is 5.53. The normalized spacial score (nSPS) is 11.5. The number of fused-ring (bicyclic) bond motifs is 2. The number of hydrogen-bond donors (Lipinski definition) is 4. The van der Waals surface area contributed by atoms with Crippen molar-refractivity contribution in [3.63, 3.8) is 0 Å². The van der Waals surface area contributed by atoms with Crippen LogP contribution in [-0.2, 0) is 16.1 Å². The Kier molecular flexibility index (Phi) is 13.6. The zero-order valence-electron chi connectivity index (χ0n) is 19.6. The van der Waals surface area contributed by atoms with Gasteiger partial charge in [-0.2, -0.15) is 0 Å². The number of aromatic nitrogens is 3. The van der Waals surface area contributed by atoms with Crippen molar-refractivity contribution >= 4 is 52.8 Å². The van der Waals surface area contributed by atoms with Crippen LogP contribution in [0.15, 0.2) is 30.7 Å². The summed E-state index contributed by atoms with van der Waals surface area (Å²) in [4.78, 5) is 43.8. The number of benzene rings is 1. The Morgan fingerprint density at radius 2 is 1.97 bits per heavy atom. The number of H-pyrrole nitrogens is 1. The molecule has 0 atom stereocenters. The Balaban J connectivity index is 0.000000672. The van der Waals surface area contributed by atoms with E-state index >= 15 is 0 Å². The van der Waals surface area contributed by atoms with Crippen molar-refractivity contribution in [3.8, 4) is 5.75 Å². The fourth-order valence-corrected chi connectivity index (χ4v) is 2.86. The number of anilines is 2. The van der Waals surface area contributed by atoms with Crippen LogP contribution in [0, 0.1) is 0 Å². The molecule has 4 rings (SSSR count). The van der Waals surface area contributed by atoms with Crippen LogP contribution in [-0.4, -0.2) is 45.1 Å². The van der Waals surface area contributed by atoms with Crippen LogP contribution in [0.5, 0.6) is 5.75 Å². The first-order valence-corrected chi connectivity index (χ1v) is 9.86. The van der Waals surface area contributed by atoms with E-state index in [0.717, 1.165) is 11.9 Å². The van der Waals surface area contributed by atoms with Gasteiger partial charge >= 0.3 is 57.5 Å². The molecule has 1 aliphatic rings. The number of hydrogen-bond acceptors (Lipinski definition) is 9. The molecule has 3 heterocycles. The van der Waals surface area contributed by atoms with Crippen molar-refractivity contribution < 1.29 is 80.3 Å². The molecule has 190 valence electrons. The first kappa shape index (κ1) is 33.7. The number of nitrogens with zero attached hydrogens (tertiary/aromatic N) is 2. The van der Waals surface area contributed by atoms with Gasteiger partial charge in [0.25, 0.3) is 5.91 Å². The molecule has 3 aromatic rings. The van der Waals surface area contributed by atoms with Gasteiger partial charge in [0.05, 0.1) is 22.9 Å². The number of nitrogens with one attached hydrogen (secondary N) is 3. The number of carboxylic acids is 1. The van der Waals surface area contributed by atoms with Crippen LogP contribution in [0.4, 0.5) is 16.2 Å². The summed E-state index contributed by atoms with van der Waals surface area (Å²) in [6.07, 6.45) is 1.84. The van der Waals surface area contributed by atoms with Gasteiger partial charge in [0.1, 0.15) is 28.9 Å². The number of carbonyl (C=O) groups is 3. The minimum absolute atomic E-state index is 0. The van der Waals surface area contributed by atoms with Gasteiger partial charge in [0, 0.05) is 12.7 Å². The minimum Gasteiger partial charge on any atom is -0.543 e. The molecule has 14 heteroatoms. The van der Waals surface area contributed by atoms with Crippen molar-refractivity contribution in [3.05, 3.63) is 42.0 Å². The second-order valence-corrected chi connectivity index (χ2v) is 7.93. The zero-order valence-corrected chi connectivity index (χ0v) is 23.6. The number of nitrogens with two attached hydrogens (primary N) is 1. The Hall–Kier alpha value is -2.26. The largest absolute Gasteiger partial charge is 1.00 e. The molecule has 12 nitrogen and oxygen atoms in total. The number of carboxylic acid groups (broad SMARTS) is 1. The van der Waals surface area contributed by atoms with Crippen molar-refractivity contribution in [1.29, 1.82) is 0 Å². The number of aromatic carboxylic acids is 1. The fraction of sp³-hybridized carbons (Fsp3) is 0.318. The molecule has 1 aliphatic heterocycles. The molecular formula is C22H28ClKN6O6. The fourth-order valence-electron chi connectivity index (χ4n) is 2.86. The van der Waals surface area contributed by atoms with Crippen LogP contribution < -0.4 is 77.6 Å². The van der Waals surface area contributed by atoms with E-state index in [1.807, 2.05) is 18.2 Å². The molecule has 36 heavy (non-hydrogen) atoms. The maximum atomic E-state index is 11.7. The van der Waals surface area contributed by atoms with Crippen molar-refractivity contribution in [2.24, 2.45) is 5.73 Å². The van der Waals surface area contributed by atoms with Gasteiger partial charge < -0.3 is 35.4 Å². The van der Waals surface area contributed by atoms with Gasteiger partial charge in [0.15, 0.2) is 6.61 Å². The predicted octanol–water partition coefficient (Wildman–Crippen LogP) is -0.793. The average molecular weight is 547 g/mol. The standard InChI is InChI=1S/C12H14N4O4.C9H10N2O2.CH4.ClH.K/c1-12(2,3)20-11(19)16-6-4-13-8-7(6)14-5-15-9(8)10(17)18;10-4-6-1-2-8-7(3-6)11-9(12)5-13-8;;;/h4-5,13H,1-3H3,(H,16,19)(H,17,18);1-3H,4-5,10H2,(H,11,12);1H4;1H;/q;;;;+1/p-1. The van der Waals surface area contributed by atoms with Crippen molar-refractivity contribution in [2.75, 3.05) is 17.2 Å². The number of ether oxygens (including phenoxy) is 2. The summed E-state index contributed by atoms with van der Waals surface area (Å²) < 4.78 is 10.3. The summed E-state index contributed by atoms with van der Waals surface area (Å²) >= 11 is 0. The Labute approximate surface area is 256 Å². The first-order chi connectivity index (χ1) is 15.6. The van der Waals surface area contributed by atoms with E-state index in [4.69, 9.17) is 15.2 Å². The average Bonchev–Trinajstić information content (AvgIpc) is 3.14. The second kappa shape index (κ2) is 14.5. The van der Waals surface area contributed by atoms with E-state index < -0.39 is 17.7 Å². The molecule has 0 aliphatic carbocycles. The van der Waals surface area contributed by atoms with Crippen molar-refractivity contribution in [1.82, 2.24) is 15.0 Å². The van der Waals surface area contributed by atoms with E-state index in [2.05, 4.69) is 25.6 Å². The van der Waals surface area contributed by atoms with E-state index in [0.29, 0.717) is 23.7 Å². The molecule has 5 N–H and O–H groups in total. The van der Waals surface area contributed by atoms with Crippen LogP contribution in [0.25, 0.3) is 11.0 Å². The molecule has 0 saturated carbocycles. The summed E-state index contributed by atoms with van der Waals surface area (Å²) in [5.74, 6) is -0.846. The van der Waals surface area contributed by atoms with Crippen LogP contribution in [0.1, 0.15) is 44.2 Å². The number of carbonyl (C=O) groups excluding carboxylic acids is 3. The molecule has 1 aromatic carbocycles. The third-order valence-corrected chi connectivity index (χ3v) is 4.20. The molecule has 2 aromatic heterocycles. The van der Waals surface area contributed by atoms with Crippen molar-refractivity contribution in [2.45, 2.75) is 40.3 Å². The molecular weight excluding hydrogens is 519 g/mol. The third-order valence-electron chi connectivity index (χ3n) is 4.20. The molecule has 0 fully saturated rings. The summed E-state index contributed by atoms with van der Waals surface area (Å²) in [5.41, 5.74) is 6.99. The molecule has 0 unspecified atom stereocenters. The quantitative estimate of drug-likeness (QED) is 0.305. The molecule has 0 saturated heterocycles. The Bertz CT molecular complexity index is 1210. The van der Waals surface area contributed by atoms with E-state index in [9.17, 15) is 19.5 Å². The number of amides is 2. The van der Waals surface area contributed by atoms with Crippen LogP contribution in [0.3, 0.4) is 0 Å². The molecule has 0 radical (unpaired) electrons. The second-order valence-electron chi connectivity index (χ2n) is 7.93. The van der Waals surface area contributed by atoms with Gasteiger partial charge in [-0.15, -0.1) is 12.4 Å². The molecule has 2 amide bonds. The summed E-state index contributed by atoms with van der Waals surface area (Å²) in [7, 11) is 0. The summed E-state index contributed by atoms with van der Waals surface area (Å²) in [6.45, 7) is 5.76. The monoisotopic (exact) mass is 546 g/mol. The third kappa shape index (κ3) is 8.99. The van der Waals surface area contributed by atoms with Crippen LogP contribution in [0.2, 0.25) is 0 Å². The maximum absolute atomic E-state index is 11.7. The zero-order chi connectivity index (χ0) is 24.2. The van der Waals surface area contributed by atoms with Gasteiger partial charge in [0.2, 0.25) is 0 Å². The number of aromatic amines is 1. The molecule has 0 bridgehead atoms. The van der Waals surface area contributed by atoms with Gasteiger partial charge in [-0.05, 0) is 38.5 Å². The predicted molar refractivity (Wildman–Crippen MR) is 131 cm³/mol. The number of halogens is 1. The maximum Gasteiger partial charge on any atom is 1.00 e. The smallest absolute Gasteiger partial charge is 0.543 e. The number of rotatable bonds is 3. The Morgan fingerprint density at radius 1 is 1.28 bits per heavy atom. The van der Waals surface area contributed by atoms with Gasteiger partial charge in [-0.3, -0.25) is 10.1 Å². The van der Waals surface area contributed by atoms with Gasteiger partial charge in [-0.25, -0.2) is 14.8 Å². The molecule has 0 spiro atoms. The SMILES string of the molecule is C.CC(C)(C)OC(=O)Nc1c[nH]c2c(C(=O)[O-])ncnc12.Cl.NCc1ccc2c(c1)NC(=O)CO2.[K+].